The van der Waals surface area contributed by atoms with Gasteiger partial charge in [-0.1, -0.05) is 6.92 Å². The van der Waals surface area contributed by atoms with Crippen molar-refractivity contribution in [3.8, 4) is 0 Å². The molecule has 0 aromatic rings. The number of aliphatic hydroxyl groups excluding tert-OH is 1. The Morgan fingerprint density at radius 1 is 1.56 bits per heavy atom. The van der Waals surface area contributed by atoms with Crippen LogP contribution in [0.3, 0.4) is 0 Å². The molecule has 1 aliphatic heterocycles. The van der Waals surface area contributed by atoms with Crippen molar-refractivity contribution in [1.29, 1.82) is 0 Å². The summed E-state index contributed by atoms with van der Waals surface area (Å²) in [6, 6.07) is 0. The van der Waals surface area contributed by atoms with Crippen LogP contribution in [-0.2, 0) is 14.3 Å². The van der Waals surface area contributed by atoms with E-state index in [2.05, 4.69) is 6.92 Å². The first-order valence-electron chi connectivity index (χ1n) is 6.64. The van der Waals surface area contributed by atoms with Gasteiger partial charge < -0.3 is 14.7 Å². The Labute approximate surface area is 108 Å². The van der Waals surface area contributed by atoms with Crippen LogP contribution in [0.25, 0.3) is 0 Å². The Kier molecular flexibility index (Phi) is 6.12. The normalized spacial score (nSPS) is 22.5. The zero-order valence-corrected chi connectivity index (χ0v) is 11.2. The molecule has 1 rings (SSSR count). The average molecular weight is 257 g/mol. The van der Waals surface area contributed by atoms with Gasteiger partial charge in [-0.2, -0.15) is 0 Å². The van der Waals surface area contributed by atoms with Crippen LogP contribution in [0.4, 0.5) is 0 Å². The third kappa shape index (κ3) is 5.04. The van der Waals surface area contributed by atoms with Gasteiger partial charge in [0.15, 0.2) is 0 Å². The summed E-state index contributed by atoms with van der Waals surface area (Å²) in [5.41, 5.74) is 0. The summed E-state index contributed by atoms with van der Waals surface area (Å²) in [5.74, 6) is 0.198. The Hall–Kier alpha value is -1.10. The van der Waals surface area contributed by atoms with Crippen molar-refractivity contribution >= 4 is 11.9 Å². The second-order valence-corrected chi connectivity index (χ2v) is 4.94. The number of esters is 1. The molecule has 1 fully saturated rings. The summed E-state index contributed by atoms with van der Waals surface area (Å²) in [7, 11) is 0. The van der Waals surface area contributed by atoms with Crippen molar-refractivity contribution < 1.29 is 19.4 Å². The molecular weight excluding hydrogens is 234 g/mol. The minimum atomic E-state index is -0.832. The lowest BCUT2D eigenvalue weighted by Crippen LogP contribution is -2.38. The molecule has 104 valence electrons. The van der Waals surface area contributed by atoms with Gasteiger partial charge in [0.25, 0.3) is 0 Å². The topological polar surface area (TPSA) is 66.8 Å². The molecule has 0 aliphatic carbocycles. The van der Waals surface area contributed by atoms with Crippen LogP contribution in [0.2, 0.25) is 0 Å². The van der Waals surface area contributed by atoms with Gasteiger partial charge in [-0.3, -0.25) is 9.59 Å². The number of hydrogen-bond donors (Lipinski definition) is 1. The van der Waals surface area contributed by atoms with Crippen LogP contribution in [-0.4, -0.2) is 47.7 Å². The Morgan fingerprint density at radius 2 is 2.28 bits per heavy atom. The molecule has 1 amide bonds. The fourth-order valence-electron chi connectivity index (χ4n) is 2.10. The van der Waals surface area contributed by atoms with Crippen molar-refractivity contribution in [2.45, 2.75) is 45.6 Å². The lowest BCUT2D eigenvalue weighted by Gasteiger charge is -2.23. The second-order valence-electron chi connectivity index (χ2n) is 4.94. The quantitative estimate of drug-likeness (QED) is 0.745. The smallest absolute Gasteiger partial charge is 0.308 e. The first-order valence-corrected chi connectivity index (χ1v) is 6.64. The van der Waals surface area contributed by atoms with E-state index in [0.717, 1.165) is 12.8 Å². The Morgan fingerprint density at radius 3 is 2.94 bits per heavy atom. The van der Waals surface area contributed by atoms with Crippen molar-refractivity contribution in [2.75, 3.05) is 19.7 Å². The molecule has 1 aliphatic rings. The van der Waals surface area contributed by atoms with Gasteiger partial charge in [-0.05, 0) is 25.7 Å². The molecule has 0 spiro atoms. The van der Waals surface area contributed by atoms with Crippen LogP contribution in [0.5, 0.6) is 0 Å². The third-order valence-corrected chi connectivity index (χ3v) is 3.23. The van der Waals surface area contributed by atoms with Crippen LogP contribution in [0.1, 0.15) is 39.5 Å². The van der Waals surface area contributed by atoms with Crippen molar-refractivity contribution in [1.82, 2.24) is 4.90 Å². The number of amides is 1. The molecule has 0 saturated carbocycles. The zero-order chi connectivity index (χ0) is 13.5. The number of β-amino-alcohol motifs (C(OH)–C–C–N with tert-alkyl or cyclic N) is 1. The monoisotopic (exact) mass is 257 g/mol. The van der Waals surface area contributed by atoms with E-state index >= 15 is 0 Å². The van der Waals surface area contributed by atoms with Crippen LogP contribution in [0, 0.1) is 5.92 Å². The molecule has 1 saturated heterocycles. The molecule has 5 heteroatoms. The van der Waals surface area contributed by atoms with E-state index in [1.54, 1.807) is 11.8 Å². The van der Waals surface area contributed by atoms with E-state index in [1.165, 1.54) is 0 Å². The Balaban J connectivity index is 2.40. The highest BCUT2D eigenvalue weighted by molar-refractivity contribution is 5.76. The summed E-state index contributed by atoms with van der Waals surface area (Å²) >= 11 is 0. The van der Waals surface area contributed by atoms with E-state index in [9.17, 15) is 14.7 Å². The van der Waals surface area contributed by atoms with Gasteiger partial charge in [0.2, 0.25) is 5.91 Å². The third-order valence-electron chi connectivity index (χ3n) is 3.23. The predicted octanol–water partition coefficient (Wildman–Crippen LogP) is 0.949. The summed E-state index contributed by atoms with van der Waals surface area (Å²) in [4.78, 5) is 24.7. The Bertz CT molecular complexity index is 293. The largest absolute Gasteiger partial charge is 0.466 e. The number of carbonyl (C=O) groups excluding carboxylic acids is 2. The fraction of sp³-hybridized carbons (Fsp3) is 0.846. The van der Waals surface area contributed by atoms with Gasteiger partial charge >= 0.3 is 5.97 Å². The number of ether oxygens (including phenoxy) is 1. The standard InChI is InChI=1S/C13H23NO4/c1-3-18-13(17)8-11(15)9-14-7-6-10(2)4-5-12(14)16/h10-11,15H,3-9H2,1-2H3. The van der Waals surface area contributed by atoms with Crippen molar-refractivity contribution in [3.05, 3.63) is 0 Å². The van der Waals surface area contributed by atoms with Gasteiger partial charge in [0.1, 0.15) is 0 Å². The minimum Gasteiger partial charge on any atom is -0.466 e. The SMILES string of the molecule is CCOC(=O)CC(O)CN1CCC(C)CCC1=O. The first kappa shape index (κ1) is 15.0. The average Bonchev–Trinajstić information content (AvgIpc) is 2.44. The van der Waals surface area contributed by atoms with E-state index in [0.29, 0.717) is 25.5 Å². The van der Waals surface area contributed by atoms with Gasteiger partial charge in [0, 0.05) is 19.5 Å². The van der Waals surface area contributed by atoms with E-state index < -0.39 is 12.1 Å². The summed E-state index contributed by atoms with van der Waals surface area (Å²) in [6.07, 6.45) is 1.52. The number of hydrogen-bond acceptors (Lipinski definition) is 4. The maximum atomic E-state index is 11.8. The fourth-order valence-corrected chi connectivity index (χ4v) is 2.10. The second kappa shape index (κ2) is 7.36. The molecule has 0 bridgehead atoms. The highest BCUT2D eigenvalue weighted by Crippen LogP contribution is 2.17. The summed E-state index contributed by atoms with van der Waals surface area (Å²) < 4.78 is 4.77. The van der Waals surface area contributed by atoms with E-state index in [1.807, 2.05) is 0 Å². The summed E-state index contributed by atoms with van der Waals surface area (Å²) in [5, 5.41) is 9.78. The first-order chi connectivity index (χ1) is 8.52. The lowest BCUT2D eigenvalue weighted by molar-refractivity contribution is -0.146. The lowest BCUT2D eigenvalue weighted by atomic mass is 10.0. The molecule has 18 heavy (non-hydrogen) atoms. The number of likely N-dealkylation sites (tertiary alicyclic amines) is 1. The molecule has 5 nitrogen and oxygen atoms in total. The maximum absolute atomic E-state index is 11.8. The van der Waals surface area contributed by atoms with Crippen molar-refractivity contribution in [2.24, 2.45) is 5.92 Å². The zero-order valence-electron chi connectivity index (χ0n) is 11.2. The van der Waals surface area contributed by atoms with Gasteiger partial charge in [-0.25, -0.2) is 0 Å². The highest BCUT2D eigenvalue weighted by Gasteiger charge is 2.23. The molecule has 0 aromatic carbocycles. The van der Waals surface area contributed by atoms with Crippen LogP contribution in [0.15, 0.2) is 0 Å². The molecule has 2 unspecified atom stereocenters. The number of rotatable bonds is 5. The number of nitrogens with zero attached hydrogens (tertiary/aromatic N) is 1. The summed E-state index contributed by atoms with van der Waals surface area (Å²) in [6.45, 7) is 5.06. The molecule has 0 aromatic heterocycles. The minimum absolute atomic E-state index is 0.0484. The number of carbonyl (C=O) groups is 2. The number of aliphatic hydroxyl groups is 1. The van der Waals surface area contributed by atoms with E-state index in [4.69, 9.17) is 4.74 Å². The maximum Gasteiger partial charge on any atom is 0.308 e. The molecular formula is C13H23NO4. The molecule has 1 N–H and O–H groups in total. The molecule has 0 radical (unpaired) electrons. The van der Waals surface area contributed by atoms with Gasteiger partial charge in [-0.15, -0.1) is 0 Å². The molecule has 2 atom stereocenters. The van der Waals surface area contributed by atoms with E-state index in [-0.39, 0.29) is 18.9 Å². The highest BCUT2D eigenvalue weighted by atomic mass is 16.5. The van der Waals surface area contributed by atoms with Crippen molar-refractivity contribution in [3.63, 3.8) is 0 Å². The van der Waals surface area contributed by atoms with Crippen LogP contribution >= 0.6 is 0 Å². The van der Waals surface area contributed by atoms with Gasteiger partial charge in [0.05, 0.1) is 19.1 Å². The predicted molar refractivity (Wildman–Crippen MR) is 66.9 cm³/mol. The molecule has 1 heterocycles. The van der Waals surface area contributed by atoms with Crippen LogP contribution < -0.4 is 0 Å².